The fourth-order valence-corrected chi connectivity index (χ4v) is 0.965. The molecule has 0 aliphatic heterocycles. The summed E-state index contributed by atoms with van der Waals surface area (Å²) >= 11 is 0. The number of hydrogen-bond acceptors (Lipinski definition) is 3. The van der Waals surface area contributed by atoms with Gasteiger partial charge in [0.1, 0.15) is 5.75 Å². The first kappa shape index (κ1) is 9.67. The van der Waals surface area contributed by atoms with Crippen LogP contribution in [-0.4, -0.2) is 19.3 Å². The van der Waals surface area contributed by atoms with Crippen LogP contribution in [0.25, 0.3) is 0 Å². The normalized spacial score (nSPS) is 9.08. The molecule has 0 aromatic heterocycles. The SMILES string of the molecule is C=COB(O)c1cccc(OC)c1. The molecule has 0 saturated heterocycles. The van der Waals surface area contributed by atoms with Gasteiger partial charge in [-0.3, -0.25) is 0 Å². The monoisotopic (exact) mass is 178 g/mol. The van der Waals surface area contributed by atoms with E-state index in [4.69, 9.17) is 9.39 Å². The Balaban J connectivity index is 2.81. The van der Waals surface area contributed by atoms with Crippen molar-refractivity contribution in [1.82, 2.24) is 0 Å². The van der Waals surface area contributed by atoms with E-state index >= 15 is 0 Å². The first-order valence-corrected chi connectivity index (χ1v) is 3.86. The van der Waals surface area contributed by atoms with Gasteiger partial charge in [-0.15, -0.1) is 0 Å². The van der Waals surface area contributed by atoms with Gasteiger partial charge in [-0.05, 0) is 12.1 Å². The van der Waals surface area contributed by atoms with Crippen molar-refractivity contribution >= 4 is 12.6 Å². The predicted molar refractivity (Wildman–Crippen MR) is 51.9 cm³/mol. The molecule has 68 valence electrons. The van der Waals surface area contributed by atoms with Gasteiger partial charge < -0.3 is 14.4 Å². The van der Waals surface area contributed by atoms with Crippen LogP contribution in [0.4, 0.5) is 0 Å². The minimum Gasteiger partial charge on any atom is -0.539 e. The van der Waals surface area contributed by atoms with Gasteiger partial charge in [0, 0.05) is 5.46 Å². The largest absolute Gasteiger partial charge is 0.559 e. The number of hydrogen-bond donors (Lipinski definition) is 1. The van der Waals surface area contributed by atoms with Crippen LogP contribution >= 0.6 is 0 Å². The predicted octanol–water partition coefficient (Wildman–Crippen LogP) is 0.543. The topological polar surface area (TPSA) is 38.7 Å². The molecule has 0 bridgehead atoms. The fourth-order valence-electron chi connectivity index (χ4n) is 0.965. The van der Waals surface area contributed by atoms with Gasteiger partial charge in [-0.25, -0.2) is 0 Å². The molecule has 3 nitrogen and oxygen atoms in total. The van der Waals surface area contributed by atoms with Crippen LogP contribution in [0.3, 0.4) is 0 Å². The van der Waals surface area contributed by atoms with Gasteiger partial charge in [0.25, 0.3) is 0 Å². The Bertz CT molecular complexity index is 288. The smallest absolute Gasteiger partial charge is 0.539 e. The molecule has 0 amide bonds. The van der Waals surface area contributed by atoms with E-state index in [-0.39, 0.29) is 0 Å². The van der Waals surface area contributed by atoms with Crippen molar-refractivity contribution < 1.29 is 14.4 Å². The Kier molecular flexibility index (Phi) is 3.40. The van der Waals surface area contributed by atoms with E-state index < -0.39 is 7.12 Å². The summed E-state index contributed by atoms with van der Waals surface area (Å²) in [6.45, 7) is 3.36. The average molecular weight is 178 g/mol. The molecule has 0 spiro atoms. The molecule has 0 aliphatic rings. The van der Waals surface area contributed by atoms with Gasteiger partial charge in [0.2, 0.25) is 0 Å². The zero-order valence-corrected chi connectivity index (χ0v) is 7.43. The molecule has 0 saturated carbocycles. The lowest BCUT2D eigenvalue weighted by Crippen LogP contribution is -2.31. The second kappa shape index (κ2) is 4.57. The van der Waals surface area contributed by atoms with E-state index in [1.54, 1.807) is 31.4 Å². The van der Waals surface area contributed by atoms with E-state index in [0.717, 1.165) is 0 Å². The zero-order valence-electron chi connectivity index (χ0n) is 7.43. The molecule has 0 heterocycles. The summed E-state index contributed by atoms with van der Waals surface area (Å²) in [5.41, 5.74) is 0.638. The van der Waals surface area contributed by atoms with E-state index in [1.165, 1.54) is 6.26 Å². The third-order valence-corrected chi connectivity index (χ3v) is 1.60. The van der Waals surface area contributed by atoms with E-state index in [0.29, 0.717) is 11.2 Å². The number of ether oxygens (including phenoxy) is 1. The van der Waals surface area contributed by atoms with Crippen molar-refractivity contribution in [2.45, 2.75) is 0 Å². The Morgan fingerprint density at radius 2 is 2.31 bits per heavy atom. The quantitative estimate of drug-likeness (QED) is 0.540. The maximum atomic E-state index is 9.39. The highest BCUT2D eigenvalue weighted by atomic mass is 16.5. The standard InChI is InChI=1S/C9H11BO3/c1-3-13-10(11)8-5-4-6-9(7-8)12-2/h3-7,11H,1H2,2H3. The lowest BCUT2D eigenvalue weighted by molar-refractivity contribution is 0.386. The molecular formula is C9H11BO3. The molecule has 13 heavy (non-hydrogen) atoms. The van der Waals surface area contributed by atoms with Crippen LogP contribution in [0.15, 0.2) is 37.1 Å². The fraction of sp³-hybridized carbons (Fsp3) is 0.111. The summed E-state index contributed by atoms with van der Waals surface area (Å²) in [6.07, 6.45) is 1.20. The lowest BCUT2D eigenvalue weighted by Gasteiger charge is -2.06. The van der Waals surface area contributed by atoms with Crippen LogP contribution in [-0.2, 0) is 4.65 Å². The number of rotatable bonds is 4. The molecule has 0 radical (unpaired) electrons. The summed E-state index contributed by atoms with van der Waals surface area (Å²) in [7, 11) is 0.590. The number of benzene rings is 1. The molecule has 1 aromatic rings. The molecule has 0 aliphatic carbocycles. The van der Waals surface area contributed by atoms with E-state index in [2.05, 4.69) is 6.58 Å². The maximum absolute atomic E-state index is 9.39. The summed E-state index contributed by atoms with van der Waals surface area (Å²) in [5, 5.41) is 9.39. The van der Waals surface area contributed by atoms with Crippen molar-refractivity contribution in [2.24, 2.45) is 0 Å². The van der Waals surface area contributed by atoms with Crippen molar-refractivity contribution in [3.63, 3.8) is 0 Å². The Morgan fingerprint density at radius 3 is 2.92 bits per heavy atom. The van der Waals surface area contributed by atoms with Gasteiger partial charge >= 0.3 is 7.12 Å². The molecule has 1 aromatic carbocycles. The van der Waals surface area contributed by atoms with E-state index in [1.807, 2.05) is 0 Å². The maximum Gasteiger partial charge on any atom is 0.559 e. The summed E-state index contributed by atoms with van der Waals surface area (Å²) in [6, 6.07) is 7.03. The van der Waals surface area contributed by atoms with Gasteiger partial charge in [0.15, 0.2) is 0 Å². The Labute approximate surface area is 77.8 Å². The average Bonchev–Trinajstić information content (AvgIpc) is 2.18. The van der Waals surface area contributed by atoms with Gasteiger partial charge in [-0.1, -0.05) is 18.7 Å². The Hall–Kier alpha value is -1.42. The highest BCUT2D eigenvalue weighted by Crippen LogP contribution is 2.06. The first-order valence-electron chi connectivity index (χ1n) is 3.86. The minimum absolute atomic E-state index is 0.638. The second-order valence-electron chi connectivity index (χ2n) is 2.43. The van der Waals surface area contributed by atoms with Gasteiger partial charge in [-0.2, -0.15) is 0 Å². The molecule has 0 atom stereocenters. The highest BCUT2D eigenvalue weighted by molar-refractivity contribution is 6.60. The van der Waals surface area contributed by atoms with Crippen LogP contribution in [0.2, 0.25) is 0 Å². The third-order valence-electron chi connectivity index (χ3n) is 1.60. The van der Waals surface area contributed by atoms with Crippen molar-refractivity contribution in [1.29, 1.82) is 0 Å². The summed E-state index contributed by atoms with van der Waals surface area (Å²) in [5.74, 6) is 0.684. The molecule has 1 rings (SSSR count). The van der Waals surface area contributed by atoms with Crippen molar-refractivity contribution in [2.75, 3.05) is 7.11 Å². The third kappa shape index (κ3) is 2.52. The first-order chi connectivity index (χ1) is 6.27. The van der Waals surface area contributed by atoms with Crippen LogP contribution in [0.1, 0.15) is 0 Å². The zero-order chi connectivity index (χ0) is 9.68. The molecule has 1 N–H and O–H groups in total. The molecule has 0 fully saturated rings. The lowest BCUT2D eigenvalue weighted by atomic mass is 9.80. The molecular weight excluding hydrogens is 167 g/mol. The number of methoxy groups -OCH3 is 1. The molecule has 4 heteroatoms. The van der Waals surface area contributed by atoms with Crippen LogP contribution in [0.5, 0.6) is 5.75 Å². The van der Waals surface area contributed by atoms with Crippen LogP contribution in [0, 0.1) is 0 Å². The second-order valence-corrected chi connectivity index (χ2v) is 2.43. The minimum atomic E-state index is -0.979. The van der Waals surface area contributed by atoms with Crippen molar-refractivity contribution in [3.05, 3.63) is 37.1 Å². The Morgan fingerprint density at radius 1 is 1.54 bits per heavy atom. The highest BCUT2D eigenvalue weighted by Gasteiger charge is 2.16. The van der Waals surface area contributed by atoms with Crippen LogP contribution < -0.4 is 10.2 Å². The van der Waals surface area contributed by atoms with Crippen molar-refractivity contribution in [3.8, 4) is 5.75 Å². The summed E-state index contributed by atoms with van der Waals surface area (Å²) < 4.78 is 9.78. The van der Waals surface area contributed by atoms with E-state index in [9.17, 15) is 5.02 Å². The summed E-state index contributed by atoms with van der Waals surface area (Å²) in [4.78, 5) is 0. The van der Waals surface area contributed by atoms with Gasteiger partial charge in [0.05, 0.1) is 13.4 Å². The molecule has 0 unspecified atom stereocenters.